The minimum Gasteiger partial charge on any atom is -0.353 e. The van der Waals surface area contributed by atoms with Gasteiger partial charge in [-0.3, -0.25) is 0 Å². The Morgan fingerprint density at radius 1 is 1.41 bits per heavy atom. The van der Waals surface area contributed by atoms with Gasteiger partial charge in [0.2, 0.25) is 5.95 Å². The average molecular weight is 248 g/mol. The van der Waals surface area contributed by atoms with Gasteiger partial charge >= 0.3 is 6.18 Å². The molecular weight excluding hydrogens is 233 g/mol. The second-order valence-electron chi connectivity index (χ2n) is 4.05. The summed E-state index contributed by atoms with van der Waals surface area (Å²) in [5.74, 6) is 0.171. The number of nitrogens with two attached hydrogens (primary N) is 1. The van der Waals surface area contributed by atoms with Crippen molar-refractivity contribution in [3.8, 4) is 0 Å². The van der Waals surface area contributed by atoms with Crippen molar-refractivity contribution in [3.63, 3.8) is 0 Å². The van der Waals surface area contributed by atoms with Crippen LogP contribution in [0.3, 0.4) is 0 Å². The molecule has 0 fully saturated rings. The quantitative estimate of drug-likeness (QED) is 0.854. The fraction of sp³-hybridized carbons (Fsp3) is 0.600. The van der Waals surface area contributed by atoms with Gasteiger partial charge < -0.3 is 11.1 Å². The van der Waals surface area contributed by atoms with Crippen molar-refractivity contribution in [1.82, 2.24) is 9.97 Å². The Kier molecular flexibility index (Phi) is 4.28. The molecule has 17 heavy (non-hydrogen) atoms. The fourth-order valence-corrected chi connectivity index (χ4v) is 1.05. The minimum atomic E-state index is -4.46. The van der Waals surface area contributed by atoms with Crippen molar-refractivity contribution in [2.45, 2.75) is 26.1 Å². The van der Waals surface area contributed by atoms with Crippen LogP contribution in [0.4, 0.5) is 19.1 Å². The molecular formula is C10H15F3N4. The summed E-state index contributed by atoms with van der Waals surface area (Å²) in [5, 5.41) is 2.69. The highest BCUT2D eigenvalue weighted by Gasteiger charge is 2.32. The number of halogens is 3. The van der Waals surface area contributed by atoms with Gasteiger partial charge in [0.15, 0.2) is 0 Å². The van der Waals surface area contributed by atoms with Gasteiger partial charge in [-0.25, -0.2) is 9.97 Å². The molecule has 1 unspecified atom stereocenters. The molecule has 7 heteroatoms. The van der Waals surface area contributed by atoms with Crippen molar-refractivity contribution in [2.75, 3.05) is 11.9 Å². The monoisotopic (exact) mass is 248 g/mol. The molecule has 0 saturated carbocycles. The Balaban J connectivity index is 2.67. The van der Waals surface area contributed by atoms with Crippen LogP contribution in [0.2, 0.25) is 0 Å². The molecule has 0 aliphatic carbocycles. The van der Waals surface area contributed by atoms with E-state index < -0.39 is 11.9 Å². The van der Waals surface area contributed by atoms with Gasteiger partial charge in [-0.1, -0.05) is 13.8 Å². The lowest BCUT2D eigenvalue weighted by atomic mass is 10.1. The van der Waals surface area contributed by atoms with E-state index in [0.717, 1.165) is 12.3 Å². The van der Waals surface area contributed by atoms with Crippen LogP contribution in [0.25, 0.3) is 0 Å². The number of hydrogen-bond donors (Lipinski definition) is 2. The maximum Gasteiger partial charge on any atom is 0.433 e. The predicted octanol–water partition coefficient (Wildman–Crippen LogP) is 1.89. The molecule has 0 aliphatic rings. The summed E-state index contributed by atoms with van der Waals surface area (Å²) in [5.41, 5.74) is 4.78. The molecule has 0 aromatic carbocycles. The largest absolute Gasteiger partial charge is 0.433 e. The van der Waals surface area contributed by atoms with E-state index in [4.69, 9.17) is 5.73 Å². The molecule has 0 aliphatic heterocycles. The van der Waals surface area contributed by atoms with E-state index in [9.17, 15) is 13.2 Å². The van der Waals surface area contributed by atoms with E-state index in [2.05, 4.69) is 15.3 Å². The van der Waals surface area contributed by atoms with E-state index >= 15 is 0 Å². The van der Waals surface area contributed by atoms with E-state index in [1.807, 2.05) is 13.8 Å². The Morgan fingerprint density at radius 3 is 2.59 bits per heavy atom. The van der Waals surface area contributed by atoms with Crippen LogP contribution in [0.5, 0.6) is 0 Å². The first-order valence-electron chi connectivity index (χ1n) is 5.20. The molecule has 0 spiro atoms. The molecule has 3 N–H and O–H groups in total. The van der Waals surface area contributed by atoms with E-state index in [1.54, 1.807) is 0 Å². The first-order chi connectivity index (χ1) is 7.80. The van der Waals surface area contributed by atoms with Crippen LogP contribution in [0.1, 0.15) is 19.5 Å². The molecule has 96 valence electrons. The van der Waals surface area contributed by atoms with E-state index in [1.165, 1.54) is 0 Å². The third-order valence-corrected chi connectivity index (χ3v) is 2.30. The Morgan fingerprint density at radius 2 is 2.06 bits per heavy atom. The third-order valence-electron chi connectivity index (χ3n) is 2.30. The molecule has 0 saturated heterocycles. The molecule has 1 aromatic heterocycles. The van der Waals surface area contributed by atoms with Gasteiger partial charge in [-0.05, 0) is 12.0 Å². The van der Waals surface area contributed by atoms with Crippen LogP contribution in [0.15, 0.2) is 12.3 Å². The van der Waals surface area contributed by atoms with Crippen LogP contribution in [-0.2, 0) is 6.18 Å². The second kappa shape index (κ2) is 5.31. The first kappa shape index (κ1) is 13.7. The lowest BCUT2D eigenvalue weighted by Crippen LogP contribution is -2.34. The molecule has 0 amide bonds. The Bertz CT molecular complexity index is 365. The molecule has 1 rings (SSSR count). The summed E-state index contributed by atoms with van der Waals surface area (Å²) in [6.45, 7) is 4.19. The van der Waals surface area contributed by atoms with Gasteiger partial charge in [0.25, 0.3) is 0 Å². The van der Waals surface area contributed by atoms with Crippen LogP contribution < -0.4 is 11.1 Å². The van der Waals surface area contributed by atoms with Crippen molar-refractivity contribution in [1.29, 1.82) is 0 Å². The van der Waals surface area contributed by atoms with E-state index in [-0.39, 0.29) is 17.9 Å². The summed E-state index contributed by atoms with van der Waals surface area (Å²) in [6, 6.07) is 0.668. The topological polar surface area (TPSA) is 63.8 Å². The molecule has 1 atom stereocenters. The zero-order valence-corrected chi connectivity index (χ0v) is 9.62. The van der Waals surface area contributed by atoms with Crippen molar-refractivity contribution >= 4 is 5.95 Å². The highest BCUT2D eigenvalue weighted by molar-refractivity contribution is 5.26. The highest BCUT2D eigenvalue weighted by Crippen LogP contribution is 2.27. The van der Waals surface area contributed by atoms with Gasteiger partial charge in [-0.15, -0.1) is 0 Å². The summed E-state index contributed by atoms with van der Waals surface area (Å²) in [7, 11) is 0. The zero-order chi connectivity index (χ0) is 13.1. The molecule has 1 aromatic rings. The molecule has 1 heterocycles. The first-order valence-corrected chi connectivity index (χ1v) is 5.20. The van der Waals surface area contributed by atoms with E-state index in [0.29, 0.717) is 6.54 Å². The third kappa shape index (κ3) is 4.18. The Hall–Kier alpha value is -1.37. The van der Waals surface area contributed by atoms with Gasteiger partial charge in [0, 0.05) is 18.8 Å². The number of nitrogens with zero attached hydrogens (tertiary/aromatic N) is 2. The molecule has 0 bridgehead atoms. The smallest absolute Gasteiger partial charge is 0.353 e. The van der Waals surface area contributed by atoms with Crippen molar-refractivity contribution < 1.29 is 13.2 Å². The average Bonchev–Trinajstić information content (AvgIpc) is 2.25. The fourth-order valence-electron chi connectivity index (χ4n) is 1.05. The molecule has 4 nitrogen and oxygen atoms in total. The Labute approximate surface area is 97.4 Å². The highest BCUT2D eigenvalue weighted by atomic mass is 19.4. The van der Waals surface area contributed by atoms with Crippen LogP contribution in [-0.4, -0.2) is 22.6 Å². The van der Waals surface area contributed by atoms with Gasteiger partial charge in [-0.2, -0.15) is 13.2 Å². The normalized spacial score (nSPS) is 13.8. The second-order valence-corrected chi connectivity index (χ2v) is 4.05. The zero-order valence-electron chi connectivity index (χ0n) is 9.62. The summed E-state index contributed by atoms with van der Waals surface area (Å²) >= 11 is 0. The summed E-state index contributed by atoms with van der Waals surface area (Å²) < 4.78 is 37.1. The lowest BCUT2D eigenvalue weighted by molar-refractivity contribution is -0.141. The van der Waals surface area contributed by atoms with Crippen LogP contribution in [0, 0.1) is 5.92 Å². The summed E-state index contributed by atoms with van der Waals surface area (Å²) in [4.78, 5) is 7.08. The minimum absolute atomic E-state index is 0.0593. The van der Waals surface area contributed by atoms with Crippen molar-refractivity contribution in [2.24, 2.45) is 11.7 Å². The standard InChI is InChI=1S/C10H15F3N4/c1-6(2)7(14)5-16-9-15-4-3-8(17-9)10(11,12)13/h3-4,6-7H,5,14H2,1-2H3,(H,15,16,17). The van der Waals surface area contributed by atoms with Crippen LogP contribution >= 0.6 is 0 Å². The predicted molar refractivity (Wildman–Crippen MR) is 58.3 cm³/mol. The van der Waals surface area contributed by atoms with Crippen molar-refractivity contribution in [3.05, 3.63) is 18.0 Å². The SMILES string of the molecule is CC(C)C(N)CNc1nccc(C(F)(F)F)n1. The number of anilines is 1. The van der Waals surface area contributed by atoms with Gasteiger partial charge in [0.05, 0.1) is 0 Å². The number of aromatic nitrogens is 2. The summed E-state index contributed by atoms with van der Waals surface area (Å²) in [6.07, 6.45) is -3.39. The number of hydrogen-bond acceptors (Lipinski definition) is 4. The number of alkyl halides is 3. The van der Waals surface area contributed by atoms with Gasteiger partial charge in [0.1, 0.15) is 5.69 Å². The lowest BCUT2D eigenvalue weighted by Gasteiger charge is -2.16. The maximum absolute atomic E-state index is 12.4. The number of rotatable bonds is 4. The maximum atomic E-state index is 12.4. The number of nitrogens with one attached hydrogen (secondary N) is 1. The molecule has 0 radical (unpaired) electrons.